The van der Waals surface area contributed by atoms with Gasteiger partial charge in [0, 0.05) is 12.1 Å². The maximum Gasteiger partial charge on any atom is 0.263 e. The summed E-state index contributed by atoms with van der Waals surface area (Å²) in [6, 6.07) is 13.1. The van der Waals surface area contributed by atoms with Crippen molar-refractivity contribution in [3.05, 3.63) is 76.0 Å². The second-order valence-corrected chi connectivity index (χ2v) is 7.59. The predicted molar refractivity (Wildman–Crippen MR) is 108 cm³/mol. The monoisotopic (exact) mass is 417 g/mol. The molecule has 1 heterocycles. The van der Waals surface area contributed by atoms with Crippen LogP contribution in [0.25, 0.3) is 10.6 Å². The van der Waals surface area contributed by atoms with E-state index in [1.807, 2.05) is 18.2 Å². The molecule has 0 aliphatic heterocycles. The van der Waals surface area contributed by atoms with Crippen LogP contribution in [0.4, 0.5) is 4.39 Å². The van der Waals surface area contributed by atoms with E-state index < -0.39 is 11.8 Å². The third kappa shape index (κ3) is 4.94. The van der Waals surface area contributed by atoms with Gasteiger partial charge in [0.2, 0.25) is 5.91 Å². The van der Waals surface area contributed by atoms with Crippen molar-refractivity contribution in [3.63, 3.8) is 0 Å². The van der Waals surface area contributed by atoms with Crippen molar-refractivity contribution in [3.8, 4) is 10.6 Å². The van der Waals surface area contributed by atoms with E-state index in [9.17, 15) is 14.0 Å². The van der Waals surface area contributed by atoms with Crippen LogP contribution in [0.15, 0.2) is 54.7 Å². The summed E-state index contributed by atoms with van der Waals surface area (Å²) in [7, 11) is 0. The van der Waals surface area contributed by atoms with Gasteiger partial charge in [-0.15, -0.1) is 11.3 Å². The molecule has 3 N–H and O–H groups in total. The van der Waals surface area contributed by atoms with Gasteiger partial charge in [-0.3, -0.25) is 9.59 Å². The Morgan fingerprint density at radius 3 is 2.57 bits per heavy atom. The first-order valence-electron chi connectivity index (χ1n) is 8.46. The van der Waals surface area contributed by atoms with E-state index in [4.69, 9.17) is 17.3 Å². The van der Waals surface area contributed by atoms with Gasteiger partial charge in [0.25, 0.3) is 5.91 Å². The van der Waals surface area contributed by atoms with Crippen molar-refractivity contribution in [1.29, 1.82) is 0 Å². The summed E-state index contributed by atoms with van der Waals surface area (Å²) in [6.07, 6.45) is 1.78. The predicted octanol–water partition coefficient (Wildman–Crippen LogP) is 3.68. The molecule has 1 unspecified atom stereocenters. The SMILES string of the molecule is NC(=O)C(CNC(=O)c1cnc(-c2ccccc2Cl)s1)Cc1ccc(F)cc1. The lowest BCUT2D eigenvalue weighted by atomic mass is 9.98. The molecule has 0 aliphatic carbocycles. The van der Waals surface area contributed by atoms with E-state index in [-0.39, 0.29) is 18.3 Å². The van der Waals surface area contributed by atoms with Gasteiger partial charge in [-0.05, 0) is 30.2 Å². The van der Waals surface area contributed by atoms with Crippen molar-refractivity contribution in [1.82, 2.24) is 10.3 Å². The molecule has 8 heteroatoms. The molecular formula is C20H17ClFN3O2S. The topological polar surface area (TPSA) is 85.1 Å². The molecular weight excluding hydrogens is 401 g/mol. The fourth-order valence-electron chi connectivity index (χ4n) is 2.62. The summed E-state index contributed by atoms with van der Waals surface area (Å²) < 4.78 is 13.0. The van der Waals surface area contributed by atoms with Gasteiger partial charge in [-0.2, -0.15) is 0 Å². The smallest absolute Gasteiger partial charge is 0.263 e. The molecule has 2 amide bonds. The Morgan fingerprint density at radius 2 is 1.89 bits per heavy atom. The first-order chi connectivity index (χ1) is 13.4. The summed E-state index contributed by atoms with van der Waals surface area (Å²) in [5.41, 5.74) is 6.96. The first kappa shape index (κ1) is 20.0. The van der Waals surface area contributed by atoms with E-state index in [1.165, 1.54) is 29.7 Å². The fourth-order valence-corrected chi connectivity index (χ4v) is 3.77. The molecule has 0 saturated heterocycles. The van der Waals surface area contributed by atoms with E-state index >= 15 is 0 Å². The molecule has 0 aliphatic rings. The molecule has 3 aromatic rings. The lowest BCUT2D eigenvalue weighted by Crippen LogP contribution is -2.37. The third-order valence-corrected chi connectivity index (χ3v) is 5.50. The molecule has 0 spiro atoms. The minimum absolute atomic E-state index is 0.0743. The zero-order chi connectivity index (χ0) is 20.1. The standard InChI is InChI=1S/C20H17ClFN3O2S/c21-16-4-2-1-3-15(16)20-25-11-17(28-20)19(27)24-10-13(18(23)26)9-12-5-7-14(22)8-6-12/h1-8,11,13H,9-10H2,(H2,23,26)(H,24,27). The van der Waals surface area contributed by atoms with Crippen LogP contribution >= 0.6 is 22.9 Å². The number of nitrogens with two attached hydrogens (primary N) is 1. The number of nitrogens with zero attached hydrogens (tertiary/aromatic N) is 1. The molecule has 3 rings (SSSR count). The van der Waals surface area contributed by atoms with E-state index in [1.54, 1.807) is 18.2 Å². The van der Waals surface area contributed by atoms with Gasteiger partial charge in [0.1, 0.15) is 15.7 Å². The average molecular weight is 418 g/mol. The van der Waals surface area contributed by atoms with Crippen LogP contribution in [0.2, 0.25) is 5.02 Å². The molecule has 0 bridgehead atoms. The largest absolute Gasteiger partial charge is 0.369 e. The Kier molecular flexibility index (Phi) is 6.38. The molecule has 28 heavy (non-hydrogen) atoms. The highest BCUT2D eigenvalue weighted by Gasteiger charge is 2.19. The molecule has 1 aromatic heterocycles. The number of halogens is 2. The van der Waals surface area contributed by atoms with Crippen molar-refractivity contribution >= 4 is 34.8 Å². The van der Waals surface area contributed by atoms with Gasteiger partial charge in [-0.25, -0.2) is 9.37 Å². The highest BCUT2D eigenvalue weighted by molar-refractivity contribution is 7.17. The lowest BCUT2D eigenvalue weighted by molar-refractivity contribution is -0.121. The minimum atomic E-state index is -0.606. The van der Waals surface area contributed by atoms with Crippen LogP contribution in [0.3, 0.4) is 0 Å². The molecule has 0 fully saturated rings. The second-order valence-electron chi connectivity index (χ2n) is 6.15. The number of amides is 2. The number of rotatable bonds is 7. The van der Waals surface area contributed by atoms with Gasteiger partial charge in [0.05, 0.1) is 17.1 Å². The Bertz CT molecular complexity index is 991. The number of carbonyl (C=O) groups is 2. The number of hydrogen-bond donors (Lipinski definition) is 2. The van der Waals surface area contributed by atoms with Gasteiger partial charge in [-0.1, -0.05) is 41.9 Å². The Balaban J connectivity index is 1.64. The summed E-state index contributed by atoms with van der Waals surface area (Å²) in [4.78, 5) is 28.8. The molecule has 0 radical (unpaired) electrons. The van der Waals surface area contributed by atoms with E-state index in [2.05, 4.69) is 10.3 Å². The van der Waals surface area contributed by atoms with Gasteiger partial charge in [0.15, 0.2) is 0 Å². The number of nitrogens with one attached hydrogen (secondary N) is 1. The Morgan fingerprint density at radius 1 is 1.18 bits per heavy atom. The molecule has 0 saturated carbocycles. The van der Waals surface area contributed by atoms with E-state index in [0.717, 1.165) is 11.1 Å². The fraction of sp³-hybridized carbons (Fsp3) is 0.150. The summed E-state index contributed by atoms with van der Waals surface area (Å²) in [6.45, 7) is 0.0743. The summed E-state index contributed by atoms with van der Waals surface area (Å²) in [5.74, 6) is -1.84. The zero-order valence-corrected chi connectivity index (χ0v) is 16.3. The zero-order valence-electron chi connectivity index (χ0n) is 14.7. The summed E-state index contributed by atoms with van der Waals surface area (Å²) >= 11 is 7.37. The minimum Gasteiger partial charge on any atom is -0.369 e. The van der Waals surface area contributed by atoms with Gasteiger partial charge < -0.3 is 11.1 Å². The number of benzene rings is 2. The highest BCUT2D eigenvalue weighted by Crippen LogP contribution is 2.30. The van der Waals surface area contributed by atoms with Crippen LogP contribution in [0.1, 0.15) is 15.2 Å². The number of hydrogen-bond acceptors (Lipinski definition) is 4. The highest BCUT2D eigenvalue weighted by atomic mass is 35.5. The quantitative estimate of drug-likeness (QED) is 0.615. The second kappa shape index (κ2) is 8.95. The molecule has 5 nitrogen and oxygen atoms in total. The maximum absolute atomic E-state index is 13.0. The summed E-state index contributed by atoms with van der Waals surface area (Å²) in [5, 5.41) is 3.90. The van der Waals surface area contributed by atoms with Crippen LogP contribution in [0, 0.1) is 11.7 Å². The van der Waals surface area contributed by atoms with Crippen LogP contribution < -0.4 is 11.1 Å². The average Bonchev–Trinajstić information content (AvgIpc) is 3.16. The van der Waals surface area contributed by atoms with Crippen molar-refractivity contribution < 1.29 is 14.0 Å². The first-order valence-corrected chi connectivity index (χ1v) is 9.66. The number of carbonyl (C=O) groups excluding carboxylic acids is 2. The number of primary amides is 1. The van der Waals surface area contributed by atoms with Gasteiger partial charge >= 0.3 is 0 Å². The number of aromatic nitrogens is 1. The molecule has 2 aromatic carbocycles. The lowest BCUT2D eigenvalue weighted by Gasteiger charge is -2.14. The van der Waals surface area contributed by atoms with Crippen LogP contribution in [0.5, 0.6) is 0 Å². The number of thiazole rings is 1. The Hall–Kier alpha value is -2.77. The van der Waals surface area contributed by atoms with Crippen molar-refractivity contribution in [2.45, 2.75) is 6.42 Å². The normalized spacial score (nSPS) is 11.8. The Labute approximate surface area is 170 Å². The van der Waals surface area contributed by atoms with E-state index in [0.29, 0.717) is 21.3 Å². The maximum atomic E-state index is 13.0. The van der Waals surface area contributed by atoms with Crippen LogP contribution in [-0.4, -0.2) is 23.3 Å². The molecule has 144 valence electrons. The third-order valence-electron chi connectivity index (χ3n) is 4.14. The van der Waals surface area contributed by atoms with Crippen molar-refractivity contribution in [2.24, 2.45) is 11.7 Å². The molecule has 1 atom stereocenters. The van der Waals surface area contributed by atoms with Crippen molar-refractivity contribution in [2.75, 3.05) is 6.54 Å². The van der Waals surface area contributed by atoms with Crippen LogP contribution in [-0.2, 0) is 11.2 Å².